The van der Waals surface area contributed by atoms with Crippen molar-refractivity contribution in [2.24, 2.45) is 5.92 Å². The summed E-state index contributed by atoms with van der Waals surface area (Å²) in [5, 5.41) is 8.26. The maximum absolute atomic E-state index is 14.5. The second kappa shape index (κ2) is 10.9. The molecule has 1 N–H and O–H groups in total. The van der Waals surface area contributed by atoms with Gasteiger partial charge in [0, 0.05) is 35.3 Å². The summed E-state index contributed by atoms with van der Waals surface area (Å²) in [6.07, 6.45) is 5.36. The Kier molecular flexibility index (Phi) is 7.42. The number of fused-ring (bicyclic) bond motifs is 1. The van der Waals surface area contributed by atoms with Gasteiger partial charge < -0.3 is 19.3 Å². The Morgan fingerprint density at radius 3 is 2.66 bits per heavy atom. The van der Waals surface area contributed by atoms with Crippen LogP contribution >= 0.6 is 0 Å². The van der Waals surface area contributed by atoms with Gasteiger partial charge in [-0.25, -0.2) is 4.39 Å². The van der Waals surface area contributed by atoms with E-state index in [1.165, 1.54) is 16.7 Å². The summed E-state index contributed by atoms with van der Waals surface area (Å²) in [4.78, 5) is 28.5. The third-order valence-electron chi connectivity index (χ3n) is 7.54. The molecule has 4 aromatic rings. The predicted octanol–water partition coefficient (Wildman–Crippen LogP) is 5.00. The van der Waals surface area contributed by atoms with Crippen LogP contribution in [0, 0.1) is 18.7 Å². The fourth-order valence-electron chi connectivity index (χ4n) is 5.23. The van der Waals surface area contributed by atoms with E-state index in [0.29, 0.717) is 29.5 Å². The van der Waals surface area contributed by atoms with Crippen molar-refractivity contribution in [3.8, 4) is 11.1 Å². The largest absolute Gasteiger partial charge is 0.364 e. The number of aromatic nitrogens is 2. The SMILES string of the molecule is Cc1nocc1-c1ccc2c(=O)n(Cc3cc(F)cc(C(=O)NCC4CCN(C(C)C)CC4)c3)ccc2c1. The summed E-state index contributed by atoms with van der Waals surface area (Å²) < 4.78 is 21.1. The molecule has 0 atom stereocenters. The second-order valence-electron chi connectivity index (χ2n) is 10.5. The first-order valence-electron chi connectivity index (χ1n) is 13.1. The van der Waals surface area contributed by atoms with Gasteiger partial charge in [0.25, 0.3) is 11.5 Å². The van der Waals surface area contributed by atoms with Gasteiger partial charge in [-0.15, -0.1) is 0 Å². The van der Waals surface area contributed by atoms with Gasteiger partial charge >= 0.3 is 0 Å². The van der Waals surface area contributed by atoms with Crippen LogP contribution in [0.25, 0.3) is 21.9 Å². The molecule has 0 radical (unpaired) electrons. The minimum Gasteiger partial charge on any atom is -0.364 e. The lowest BCUT2D eigenvalue weighted by molar-refractivity contribution is 0.0929. The van der Waals surface area contributed by atoms with Crippen molar-refractivity contribution in [2.45, 2.75) is 46.2 Å². The molecule has 0 unspecified atom stereocenters. The Labute approximate surface area is 221 Å². The molecule has 8 heteroatoms. The van der Waals surface area contributed by atoms with Crippen LogP contribution in [-0.2, 0) is 6.54 Å². The molecule has 0 saturated carbocycles. The molecule has 1 amide bonds. The summed E-state index contributed by atoms with van der Waals surface area (Å²) in [5.41, 5.74) is 3.21. The van der Waals surface area contributed by atoms with Crippen LogP contribution in [0.4, 0.5) is 4.39 Å². The third kappa shape index (κ3) is 5.55. The molecule has 3 heterocycles. The van der Waals surface area contributed by atoms with E-state index in [0.717, 1.165) is 48.1 Å². The average molecular weight is 517 g/mol. The monoisotopic (exact) mass is 516 g/mol. The lowest BCUT2D eigenvalue weighted by Crippen LogP contribution is -2.41. The van der Waals surface area contributed by atoms with E-state index in [2.05, 4.69) is 29.2 Å². The zero-order valence-electron chi connectivity index (χ0n) is 22.0. The van der Waals surface area contributed by atoms with Crippen molar-refractivity contribution < 1.29 is 13.7 Å². The number of amides is 1. The van der Waals surface area contributed by atoms with Gasteiger partial charge in [0.1, 0.15) is 12.1 Å². The average Bonchev–Trinajstić information content (AvgIpc) is 3.34. The normalized spacial score (nSPS) is 14.9. The van der Waals surface area contributed by atoms with E-state index >= 15 is 0 Å². The summed E-state index contributed by atoms with van der Waals surface area (Å²) >= 11 is 0. The smallest absolute Gasteiger partial charge is 0.258 e. The van der Waals surface area contributed by atoms with Crippen molar-refractivity contribution in [3.05, 3.63) is 87.9 Å². The molecule has 198 valence electrons. The Morgan fingerprint density at radius 2 is 1.95 bits per heavy atom. The first-order chi connectivity index (χ1) is 18.3. The first-order valence-corrected chi connectivity index (χ1v) is 13.1. The molecule has 2 aromatic carbocycles. The van der Waals surface area contributed by atoms with E-state index in [9.17, 15) is 14.0 Å². The summed E-state index contributed by atoms with van der Waals surface area (Å²) in [7, 11) is 0. The Bertz CT molecular complexity index is 1520. The third-order valence-corrected chi connectivity index (χ3v) is 7.54. The van der Waals surface area contributed by atoms with Gasteiger partial charge in [-0.3, -0.25) is 9.59 Å². The molecule has 7 nitrogen and oxygen atoms in total. The number of hydrogen-bond donors (Lipinski definition) is 1. The second-order valence-corrected chi connectivity index (χ2v) is 10.5. The standard InChI is InChI=1S/C30H33FN4O3/c1-19(2)34-9-6-21(7-10-34)16-32-29(36)25-12-22(13-26(31)15-25)17-35-11-8-24-14-23(4-5-27(24)30(35)37)28-18-38-33-20(28)3/h4-5,8,11-15,18-19,21H,6-7,9-10,16-17H2,1-3H3,(H,32,36). The van der Waals surface area contributed by atoms with Crippen LogP contribution in [0.3, 0.4) is 0 Å². The number of pyridine rings is 1. The number of halogens is 1. The van der Waals surface area contributed by atoms with Crippen LogP contribution < -0.4 is 10.9 Å². The van der Waals surface area contributed by atoms with Crippen molar-refractivity contribution in [1.82, 2.24) is 19.9 Å². The zero-order valence-corrected chi connectivity index (χ0v) is 22.0. The highest BCUT2D eigenvalue weighted by Gasteiger charge is 2.21. The number of likely N-dealkylation sites (tertiary alicyclic amines) is 1. The van der Waals surface area contributed by atoms with Crippen LogP contribution in [0.15, 0.2) is 64.2 Å². The lowest BCUT2D eigenvalue weighted by Gasteiger charge is -2.34. The minimum atomic E-state index is -0.500. The van der Waals surface area contributed by atoms with E-state index < -0.39 is 5.82 Å². The summed E-state index contributed by atoms with van der Waals surface area (Å²) in [6, 6.07) is 12.3. The van der Waals surface area contributed by atoms with Crippen molar-refractivity contribution in [3.63, 3.8) is 0 Å². The molecule has 0 bridgehead atoms. The number of rotatable bonds is 7. The van der Waals surface area contributed by atoms with Gasteiger partial charge in [-0.2, -0.15) is 0 Å². The van der Waals surface area contributed by atoms with E-state index in [1.807, 2.05) is 25.1 Å². The number of hydrogen-bond acceptors (Lipinski definition) is 5. The highest BCUT2D eigenvalue weighted by Crippen LogP contribution is 2.25. The Hall–Kier alpha value is -3.78. The highest BCUT2D eigenvalue weighted by atomic mass is 19.1. The summed E-state index contributed by atoms with van der Waals surface area (Å²) in [5.74, 6) is -0.368. The van der Waals surface area contributed by atoms with Crippen molar-refractivity contribution >= 4 is 16.7 Å². The molecule has 0 aliphatic carbocycles. The maximum atomic E-state index is 14.5. The van der Waals surface area contributed by atoms with E-state index in [1.54, 1.807) is 24.6 Å². The maximum Gasteiger partial charge on any atom is 0.258 e. The number of nitrogens with zero attached hydrogens (tertiary/aromatic N) is 3. The molecule has 2 aromatic heterocycles. The number of carbonyl (C=O) groups is 1. The lowest BCUT2D eigenvalue weighted by atomic mass is 9.96. The van der Waals surface area contributed by atoms with Gasteiger partial charge in [0.2, 0.25) is 0 Å². The van der Waals surface area contributed by atoms with Gasteiger partial charge in [0.05, 0.1) is 12.2 Å². The minimum absolute atomic E-state index is 0.160. The fourth-order valence-corrected chi connectivity index (χ4v) is 5.23. The van der Waals surface area contributed by atoms with Crippen LogP contribution in [-0.4, -0.2) is 46.2 Å². The predicted molar refractivity (Wildman–Crippen MR) is 146 cm³/mol. The molecule has 1 aliphatic heterocycles. The first kappa shape index (κ1) is 25.9. The molecule has 38 heavy (non-hydrogen) atoms. The topological polar surface area (TPSA) is 80.4 Å². The molecule has 1 fully saturated rings. The van der Waals surface area contributed by atoms with Crippen LogP contribution in [0.1, 0.15) is 48.3 Å². The number of piperidine rings is 1. The zero-order chi connectivity index (χ0) is 26.8. The fraction of sp³-hybridized carbons (Fsp3) is 0.367. The van der Waals surface area contributed by atoms with Crippen LogP contribution in [0.5, 0.6) is 0 Å². The molecule has 0 spiro atoms. The van der Waals surface area contributed by atoms with Crippen LogP contribution in [0.2, 0.25) is 0 Å². The van der Waals surface area contributed by atoms with Gasteiger partial charge in [-0.05, 0) is 106 Å². The number of benzene rings is 2. The number of nitrogens with one attached hydrogen (secondary N) is 1. The molecule has 1 saturated heterocycles. The quantitative estimate of drug-likeness (QED) is 0.374. The van der Waals surface area contributed by atoms with Gasteiger partial charge in [0.15, 0.2) is 0 Å². The molecular weight excluding hydrogens is 483 g/mol. The van der Waals surface area contributed by atoms with Crippen molar-refractivity contribution in [2.75, 3.05) is 19.6 Å². The Balaban J connectivity index is 1.29. The number of aryl methyl sites for hydroxylation is 1. The van der Waals surface area contributed by atoms with Crippen molar-refractivity contribution in [1.29, 1.82) is 0 Å². The number of carbonyl (C=O) groups excluding carboxylic acids is 1. The molecular formula is C30H33FN4O3. The van der Waals surface area contributed by atoms with E-state index in [-0.39, 0.29) is 23.6 Å². The summed E-state index contributed by atoms with van der Waals surface area (Å²) in [6.45, 7) is 9.07. The van der Waals surface area contributed by atoms with E-state index in [4.69, 9.17) is 4.52 Å². The molecule has 1 aliphatic rings. The van der Waals surface area contributed by atoms with Gasteiger partial charge in [-0.1, -0.05) is 11.2 Å². The molecule has 5 rings (SSSR count). The highest BCUT2D eigenvalue weighted by molar-refractivity contribution is 5.94. The Morgan fingerprint density at radius 1 is 1.16 bits per heavy atom.